The topological polar surface area (TPSA) is 46.2 Å². The van der Waals surface area contributed by atoms with Crippen molar-refractivity contribution in [2.45, 2.75) is 19.4 Å². The van der Waals surface area contributed by atoms with Crippen LogP contribution in [0.2, 0.25) is 0 Å². The molecule has 78 valence electrons. The van der Waals surface area contributed by atoms with Crippen LogP contribution in [0.15, 0.2) is 16.6 Å². The number of benzene rings is 1. The lowest BCUT2D eigenvalue weighted by molar-refractivity contribution is 0.275. The van der Waals surface area contributed by atoms with Gasteiger partial charge in [0.05, 0.1) is 0 Å². The molecule has 0 aliphatic heterocycles. The van der Waals surface area contributed by atoms with Crippen LogP contribution in [-0.2, 0) is 0 Å². The number of nitrogens with two attached hydrogens (primary N) is 1. The van der Waals surface area contributed by atoms with Crippen LogP contribution in [0.4, 0.5) is 4.39 Å². The number of hydrogen-bond acceptors (Lipinski definition) is 2. The molecular formula is C10H13BrFNO. The minimum Gasteiger partial charge on any atom is -0.396 e. The normalized spacial score (nSPS) is 12.9. The molecule has 0 saturated carbocycles. The molecule has 0 aliphatic carbocycles. The van der Waals surface area contributed by atoms with Crippen molar-refractivity contribution in [3.63, 3.8) is 0 Å². The van der Waals surface area contributed by atoms with Crippen LogP contribution in [-0.4, -0.2) is 11.7 Å². The molecule has 1 atom stereocenters. The summed E-state index contributed by atoms with van der Waals surface area (Å²) >= 11 is 3.28. The molecule has 3 N–H and O–H groups in total. The predicted octanol–water partition coefficient (Wildman–Crippen LogP) is 2.28. The summed E-state index contributed by atoms with van der Waals surface area (Å²) in [5.74, 6) is -0.283. The van der Waals surface area contributed by atoms with Gasteiger partial charge in [0.2, 0.25) is 0 Å². The fraction of sp³-hybridized carbons (Fsp3) is 0.400. The number of aliphatic hydroxyl groups excluding tert-OH is 1. The third-order valence-corrected chi connectivity index (χ3v) is 2.54. The van der Waals surface area contributed by atoms with E-state index in [1.807, 2.05) is 0 Å². The molecule has 0 bridgehead atoms. The van der Waals surface area contributed by atoms with E-state index in [1.165, 1.54) is 0 Å². The van der Waals surface area contributed by atoms with Crippen LogP contribution >= 0.6 is 15.9 Å². The summed E-state index contributed by atoms with van der Waals surface area (Å²) in [6.07, 6.45) is 0.368. The van der Waals surface area contributed by atoms with Crippen LogP contribution in [0.3, 0.4) is 0 Å². The maximum Gasteiger partial charge on any atom is 0.130 e. The predicted molar refractivity (Wildman–Crippen MR) is 57.5 cm³/mol. The van der Waals surface area contributed by atoms with Gasteiger partial charge in [-0.2, -0.15) is 0 Å². The highest BCUT2D eigenvalue weighted by molar-refractivity contribution is 9.10. The summed E-state index contributed by atoms with van der Waals surface area (Å²) in [4.78, 5) is 0. The van der Waals surface area contributed by atoms with E-state index in [9.17, 15) is 4.39 Å². The largest absolute Gasteiger partial charge is 0.396 e. The molecule has 0 heterocycles. The van der Waals surface area contributed by atoms with E-state index < -0.39 is 6.04 Å². The van der Waals surface area contributed by atoms with Crippen molar-refractivity contribution in [2.24, 2.45) is 5.73 Å². The van der Waals surface area contributed by atoms with Gasteiger partial charge in [-0.25, -0.2) is 4.39 Å². The third kappa shape index (κ3) is 2.53. The maximum absolute atomic E-state index is 13.6. The minimum atomic E-state index is -0.448. The Hall–Kier alpha value is -0.450. The van der Waals surface area contributed by atoms with Crippen LogP contribution in [0.5, 0.6) is 0 Å². The SMILES string of the molecule is Cc1cc(Br)cc(C(N)CCO)c1F. The van der Waals surface area contributed by atoms with E-state index in [-0.39, 0.29) is 12.4 Å². The first-order chi connectivity index (χ1) is 6.56. The van der Waals surface area contributed by atoms with Gasteiger partial charge in [-0.15, -0.1) is 0 Å². The zero-order chi connectivity index (χ0) is 10.7. The van der Waals surface area contributed by atoms with Gasteiger partial charge in [0.1, 0.15) is 5.82 Å². The molecule has 14 heavy (non-hydrogen) atoms. The highest BCUT2D eigenvalue weighted by Gasteiger charge is 2.13. The monoisotopic (exact) mass is 261 g/mol. The highest BCUT2D eigenvalue weighted by atomic mass is 79.9. The van der Waals surface area contributed by atoms with Crippen LogP contribution < -0.4 is 5.73 Å². The molecule has 1 aromatic carbocycles. The van der Waals surface area contributed by atoms with Crippen LogP contribution in [0, 0.1) is 12.7 Å². The van der Waals surface area contributed by atoms with Gasteiger partial charge in [-0.05, 0) is 31.0 Å². The van der Waals surface area contributed by atoms with Gasteiger partial charge in [0.25, 0.3) is 0 Å². The van der Waals surface area contributed by atoms with Gasteiger partial charge in [-0.1, -0.05) is 15.9 Å². The third-order valence-electron chi connectivity index (χ3n) is 2.09. The van der Waals surface area contributed by atoms with E-state index in [2.05, 4.69) is 15.9 Å². The molecular weight excluding hydrogens is 249 g/mol. The Labute approximate surface area is 91.1 Å². The quantitative estimate of drug-likeness (QED) is 0.877. The molecule has 0 fully saturated rings. The Morgan fingerprint density at radius 3 is 2.79 bits per heavy atom. The molecule has 1 aromatic rings. The fourth-order valence-electron chi connectivity index (χ4n) is 1.32. The van der Waals surface area contributed by atoms with Crippen LogP contribution in [0.25, 0.3) is 0 Å². The Morgan fingerprint density at radius 2 is 2.21 bits per heavy atom. The second-order valence-corrected chi connectivity index (χ2v) is 4.16. The summed E-state index contributed by atoms with van der Waals surface area (Å²) < 4.78 is 14.4. The van der Waals surface area contributed by atoms with Crippen molar-refractivity contribution in [1.29, 1.82) is 0 Å². The first-order valence-electron chi connectivity index (χ1n) is 4.38. The molecule has 0 saturated heterocycles. The molecule has 1 unspecified atom stereocenters. The van der Waals surface area contributed by atoms with Gasteiger partial charge in [0, 0.05) is 22.7 Å². The van der Waals surface area contributed by atoms with Gasteiger partial charge in [0.15, 0.2) is 0 Å². The lowest BCUT2D eigenvalue weighted by Gasteiger charge is -2.13. The van der Waals surface area contributed by atoms with Crippen molar-refractivity contribution in [2.75, 3.05) is 6.61 Å². The molecule has 0 aromatic heterocycles. The van der Waals surface area contributed by atoms with Gasteiger partial charge < -0.3 is 10.8 Å². The standard InChI is InChI=1S/C10H13BrFNO/c1-6-4-7(11)5-8(10(6)12)9(13)2-3-14/h4-5,9,14H,2-3,13H2,1H3. The first kappa shape index (κ1) is 11.6. The highest BCUT2D eigenvalue weighted by Crippen LogP contribution is 2.24. The second-order valence-electron chi connectivity index (χ2n) is 3.24. The Morgan fingerprint density at radius 1 is 1.57 bits per heavy atom. The molecule has 0 amide bonds. The average Bonchev–Trinajstić information content (AvgIpc) is 2.11. The van der Waals surface area contributed by atoms with Gasteiger partial charge in [-0.3, -0.25) is 0 Å². The average molecular weight is 262 g/mol. The number of hydrogen-bond donors (Lipinski definition) is 2. The van der Waals surface area contributed by atoms with Gasteiger partial charge >= 0.3 is 0 Å². The lowest BCUT2D eigenvalue weighted by atomic mass is 10.0. The molecule has 4 heteroatoms. The van der Waals surface area contributed by atoms with Crippen molar-refractivity contribution in [3.05, 3.63) is 33.5 Å². The summed E-state index contributed by atoms with van der Waals surface area (Å²) in [6.45, 7) is 1.65. The summed E-state index contributed by atoms with van der Waals surface area (Å²) in [6, 6.07) is 2.91. The van der Waals surface area contributed by atoms with E-state index in [0.717, 1.165) is 4.47 Å². The van der Waals surface area contributed by atoms with E-state index in [0.29, 0.717) is 17.5 Å². The summed E-state index contributed by atoms with van der Waals surface area (Å²) in [7, 11) is 0. The number of rotatable bonds is 3. The zero-order valence-corrected chi connectivity index (χ0v) is 9.51. The van der Waals surface area contributed by atoms with E-state index in [1.54, 1.807) is 19.1 Å². The number of aliphatic hydroxyl groups is 1. The fourth-order valence-corrected chi connectivity index (χ4v) is 1.91. The Balaban J connectivity index is 3.07. The first-order valence-corrected chi connectivity index (χ1v) is 5.17. The van der Waals surface area contributed by atoms with Crippen molar-refractivity contribution in [1.82, 2.24) is 0 Å². The molecule has 0 radical (unpaired) electrons. The summed E-state index contributed by atoms with van der Waals surface area (Å²) in [5, 5.41) is 8.71. The van der Waals surface area contributed by atoms with Crippen molar-refractivity contribution >= 4 is 15.9 Å². The van der Waals surface area contributed by atoms with E-state index in [4.69, 9.17) is 10.8 Å². The minimum absolute atomic E-state index is 0.0355. The molecule has 1 rings (SSSR count). The molecule has 2 nitrogen and oxygen atoms in total. The lowest BCUT2D eigenvalue weighted by Crippen LogP contribution is -2.14. The molecule has 0 aliphatic rings. The number of halogens is 2. The Kier molecular flexibility index (Phi) is 4.04. The zero-order valence-electron chi connectivity index (χ0n) is 7.93. The van der Waals surface area contributed by atoms with E-state index >= 15 is 0 Å². The van der Waals surface area contributed by atoms with Crippen molar-refractivity contribution in [3.8, 4) is 0 Å². The number of aryl methyl sites for hydroxylation is 1. The van der Waals surface area contributed by atoms with Crippen molar-refractivity contribution < 1.29 is 9.50 Å². The maximum atomic E-state index is 13.6. The second kappa shape index (κ2) is 4.87. The van der Waals surface area contributed by atoms with Crippen LogP contribution in [0.1, 0.15) is 23.6 Å². The summed E-state index contributed by atoms with van der Waals surface area (Å²) in [5.41, 5.74) is 6.73. The smallest absolute Gasteiger partial charge is 0.130 e. The molecule has 0 spiro atoms. The Bertz CT molecular complexity index is 330.